The minimum absolute atomic E-state index is 0.279. The van der Waals surface area contributed by atoms with Crippen molar-refractivity contribution in [3.63, 3.8) is 0 Å². The van der Waals surface area contributed by atoms with E-state index in [1.807, 2.05) is 71.5 Å². The van der Waals surface area contributed by atoms with Gasteiger partial charge in [0.25, 0.3) is 5.91 Å². The van der Waals surface area contributed by atoms with Crippen LogP contribution in [0.15, 0.2) is 103 Å². The van der Waals surface area contributed by atoms with Crippen molar-refractivity contribution < 1.29 is 22.7 Å². The van der Waals surface area contributed by atoms with Crippen LogP contribution in [-0.2, 0) is 24.5 Å². The van der Waals surface area contributed by atoms with Gasteiger partial charge in [-0.3, -0.25) is 4.79 Å². The van der Waals surface area contributed by atoms with Crippen molar-refractivity contribution in [3.8, 4) is 22.4 Å². The number of carbonyl (C=O) groups excluding carboxylic acids is 2. The van der Waals surface area contributed by atoms with Crippen molar-refractivity contribution in [2.75, 3.05) is 17.5 Å². The topological polar surface area (TPSA) is 121 Å². The molecule has 1 unspecified atom stereocenters. The van der Waals surface area contributed by atoms with Crippen LogP contribution in [0.5, 0.6) is 0 Å². The van der Waals surface area contributed by atoms with E-state index in [1.165, 1.54) is 6.08 Å². The van der Waals surface area contributed by atoms with Gasteiger partial charge in [-0.05, 0) is 71.1 Å². The summed E-state index contributed by atoms with van der Waals surface area (Å²) in [6.07, 6.45) is 4.90. The van der Waals surface area contributed by atoms with E-state index in [1.54, 1.807) is 43.5 Å². The zero-order valence-electron chi connectivity index (χ0n) is 25.0. The molecule has 1 aliphatic heterocycles. The van der Waals surface area contributed by atoms with Gasteiger partial charge in [0.1, 0.15) is 12.4 Å². The highest BCUT2D eigenvalue weighted by Crippen LogP contribution is 2.36. The lowest BCUT2D eigenvalue weighted by Gasteiger charge is -2.19. The predicted octanol–water partition coefficient (Wildman–Crippen LogP) is 6.99. The Morgan fingerprint density at radius 1 is 0.957 bits per heavy atom. The molecule has 0 spiro atoms. The molecule has 12 heteroatoms. The molecule has 2 heterocycles. The van der Waals surface area contributed by atoms with Gasteiger partial charge < -0.3 is 9.72 Å². The van der Waals surface area contributed by atoms with Crippen molar-refractivity contribution in [2.45, 2.75) is 12.8 Å². The van der Waals surface area contributed by atoms with Crippen LogP contribution in [0.1, 0.15) is 35.4 Å². The van der Waals surface area contributed by atoms with Crippen LogP contribution in [0.2, 0.25) is 10.0 Å². The van der Waals surface area contributed by atoms with Gasteiger partial charge in [0.15, 0.2) is 0 Å². The molecule has 1 aromatic heterocycles. The predicted molar refractivity (Wildman–Crippen MR) is 183 cm³/mol. The fourth-order valence-corrected chi connectivity index (χ4v) is 7.00. The van der Waals surface area contributed by atoms with Crippen LogP contribution in [-0.4, -0.2) is 43.4 Å². The summed E-state index contributed by atoms with van der Waals surface area (Å²) in [5, 5.41) is 0.991. The second-order valence-electron chi connectivity index (χ2n) is 10.7. The number of hydrogen-bond acceptors (Lipinski definition) is 6. The average molecular weight is 688 g/mol. The van der Waals surface area contributed by atoms with Crippen LogP contribution in [0, 0.1) is 0 Å². The summed E-state index contributed by atoms with van der Waals surface area (Å²) in [4.78, 5) is 31.6. The Labute approximate surface area is 282 Å². The monoisotopic (exact) mass is 686 g/mol. The zero-order chi connectivity index (χ0) is 33.1. The number of benzene rings is 4. The van der Waals surface area contributed by atoms with Gasteiger partial charge in [-0.15, -0.1) is 0 Å². The minimum atomic E-state index is -3.94. The summed E-state index contributed by atoms with van der Waals surface area (Å²) in [6.45, 7) is 1.81. The first-order chi connectivity index (χ1) is 22.6. The Morgan fingerprint density at radius 3 is 2.19 bits per heavy atom. The van der Waals surface area contributed by atoms with Crippen LogP contribution >= 0.6 is 23.2 Å². The molecule has 0 aliphatic carbocycles. The molecule has 5 aromatic rings. The highest BCUT2D eigenvalue weighted by molar-refractivity contribution is 7.92. The number of hydrogen-bond donors (Lipinski definition) is 2. The molecule has 238 valence electrons. The van der Waals surface area contributed by atoms with E-state index in [0.29, 0.717) is 33.9 Å². The van der Waals surface area contributed by atoms with Gasteiger partial charge in [0.2, 0.25) is 0 Å². The molecule has 1 saturated heterocycles. The number of amides is 1. The third-order valence-electron chi connectivity index (χ3n) is 7.60. The van der Waals surface area contributed by atoms with E-state index < -0.39 is 16.1 Å². The van der Waals surface area contributed by atoms with E-state index in [-0.39, 0.29) is 18.4 Å². The quantitative estimate of drug-likeness (QED) is 0.127. The summed E-state index contributed by atoms with van der Waals surface area (Å²) >= 11 is 12.6. The Bertz CT molecular complexity index is 2080. The van der Waals surface area contributed by atoms with Crippen LogP contribution in [0.4, 0.5) is 5.69 Å². The number of anilines is 1. The molecular weight excluding hydrogens is 659 g/mol. The maximum absolute atomic E-state index is 12.4. The number of ether oxygens (including phenoxy) is 1. The van der Waals surface area contributed by atoms with Crippen LogP contribution in [0.3, 0.4) is 0 Å². The Kier molecular flexibility index (Phi) is 9.17. The number of esters is 1. The van der Waals surface area contributed by atoms with Crippen LogP contribution in [0.25, 0.3) is 28.5 Å². The maximum atomic E-state index is 12.4. The minimum Gasteiger partial charge on any atom is -0.463 e. The molecule has 0 radical (unpaired) electrons. The molecule has 1 amide bonds. The van der Waals surface area contributed by atoms with E-state index in [2.05, 4.69) is 4.98 Å². The van der Waals surface area contributed by atoms with Crippen molar-refractivity contribution in [2.24, 2.45) is 0 Å². The summed E-state index contributed by atoms with van der Waals surface area (Å²) in [5.41, 5.74) is 6.38. The zero-order valence-corrected chi connectivity index (χ0v) is 27.3. The van der Waals surface area contributed by atoms with E-state index >= 15 is 0 Å². The summed E-state index contributed by atoms with van der Waals surface area (Å²) in [5.74, 6) is -0.679. The Morgan fingerprint density at radius 2 is 1.60 bits per heavy atom. The van der Waals surface area contributed by atoms with Crippen molar-refractivity contribution in [1.82, 2.24) is 14.7 Å². The second-order valence-corrected chi connectivity index (χ2v) is 13.1. The first kappa shape index (κ1) is 32.1. The highest BCUT2D eigenvalue weighted by atomic mass is 35.5. The van der Waals surface area contributed by atoms with Gasteiger partial charge in [0, 0.05) is 22.9 Å². The number of nitrogens with one attached hydrogen (secondary N) is 2. The Balaban J connectivity index is 1.32. The summed E-state index contributed by atoms with van der Waals surface area (Å²) < 4.78 is 32.8. The Hall–Kier alpha value is -4.90. The maximum Gasteiger partial charge on any atom is 0.330 e. The molecule has 1 aliphatic rings. The molecule has 6 rings (SSSR count). The molecule has 1 fully saturated rings. The number of aromatic nitrogens is 2. The molecule has 0 bridgehead atoms. The van der Waals surface area contributed by atoms with Gasteiger partial charge in [-0.1, -0.05) is 83.9 Å². The fraction of sp³-hybridized carbons (Fsp3) is 0.114. The van der Waals surface area contributed by atoms with E-state index in [4.69, 9.17) is 32.9 Å². The fourth-order valence-electron chi connectivity index (χ4n) is 5.35. The average Bonchev–Trinajstić information content (AvgIpc) is 3.64. The third kappa shape index (κ3) is 7.10. The molecular formula is C35H28Cl2N4O5S. The number of aromatic amines is 1. The van der Waals surface area contributed by atoms with Gasteiger partial charge >= 0.3 is 16.2 Å². The van der Waals surface area contributed by atoms with Crippen LogP contribution < -0.4 is 9.03 Å². The van der Waals surface area contributed by atoms with Gasteiger partial charge in [-0.25, -0.2) is 18.8 Å². The molecule has 1 atom stereocenters. The number of imidazole rings is 1. The van der Waals surface area contributed by atoms with Gasteiger partial charge in [0.05, 0.1) is 28.9 Å². The first-order valence-electron chi connectivity index (χ1n) is 14.6. The van der Waals surface area contributed by atoms with Crippen molar-refractivity contribution in [1.29, 1.82) is 0 Å². The second kappa shape index (κ2) is 13.4. The number of H-pyrrole nitrogens is 1. The lowest BCUT2D eigenvalue weighted by atomic mass is 9.89. The number of halogens is 2. The van der Waals surface area contributed by atoms with Gasteiger partial charge in [-0.2, -0.15) is 8.42 Å². The molecule has 4 aromatic carbocycles. The summed E-state index contributed by atoms with van der Waals surface area (Å²) in [6, 6.07) is 28.1. The molecule has 47 heavy (non-hydrogen) atoms. The SMILES string of the molecule is CCOC(=O)C=Cc1ccc(-c2ccc(C(c3ccc(N4CC(=O)NS4(=O)=O)cc3)c3nc(-c4ccc(Cl)cc4Cl)c[nH]3)cc2)cc1. The lowest BCUT2D eigenvalue weighted by Crippen LogP contribution is -2.29. The lowest BCUT2D eigenvalue weighted by molar-refractivity contribution is -0.137. The molecule has 0 saturated carbocycles. The van der Waals surface area contributed by atoms with E-state index in [0.717, 1.165) is 37.7 Å². The van der Waals surface area contributed by atoms with Crippen molar-refractivity contribution >= 4 is 57.1 Å². The highest BCUT2D eigenvalue weighted by Gasteiger charge is 2.34. The standard InChI is InChI=1S/C35H28Cl2N4O5S/c1-2-46-33(43)18-5-22-3-6-23(7-4-22)24-8-10-25(11-9-24)34(35-38-20-31(39-35)29-17-14-27(36)19-30(29)37)26-12-15-28(16-13-26)41-21-32(42)40-47(41,44)45/h3-20,34H,2,21H2,1H3,(H,38,39)(H,40,42). The number of nitrogens with zero attached hydrogens (tertiary/aromatic N) is 2. The number of rotatable bonds is 9. The largest absolute Gasteiger partial charge is 0.463 e. The van der Waals surface area contributed by atoms with Crippen molar-refractivity contribution in [3.05, 3.63) is 136 Å². The smallest absolute Gasteiger partial charge is 0.330 e. The molecule has 2 N–H and O–H groups in total. The third-order valence-corrected chi connectivity index (χ3v) is 9.55. The summed E-state index contributed by atoms with van der Waals surface area (Å²) in [7, 11) is -3.94. The number of carbonyl (C=O) groups is 2. The first-order valence-corrected chi connectivity index (χ1v) is 16.8. The molecule has 9 nitrogen and oxygen atoms in total. The normalized spacial score (nSPS) is 14.7. The van der Waals surface area contributed by atoms with E-state index in [9.17, 15) is 18.0 Å².